The van der Waals surface area contributed by atoms with E-state index in [2.05, 4.69) is 5.32 Å². The summed E-state index contributed by atoms with van der Waals surface area (Å²) in [6.07, 6.45) is 0.852. The van der Waals surface area contributed by atoms with Gasteiger partial charge in [0.05, 0.1) is 0 Å². The molecule has 2 nitrogen and oxygen atoms in total. The molecule has 0 bridgehead atoms. The molecular formula is C17H28F2N2. The highest BCUT2D eigenvalue weighted by atomic mass is 19.1. The molecule has 0 saturated heterocycles. The van der Waals surface area contributed by atoms with E-state index >= 15 is 0 Å². The van der Waals surface area contributed by atoms with Gasteiger partial charge in [-0.2, -0.15) is 0 Å². The Morgan fingerprint density at radius 2 is 1.67 bits per heavy atom. The third-order valence-corrected chi connectivity index (χ3v) is 3.27. The number of hydrogen-bond donors (Lipinski definition) is 1. The quantitative estimate of drug-likeness (QED) is 0.833. The van der Waals surface area contributed by atoms with E-state index in [9.17, 15) is 8.78 Å². The lowest BCUT2D eigenvalue weighted by atomic mass is 10.1. The number of rotatable bonds is 6. The standard InChI is InChI=1S/C17H28F2N2/c1-7-8-21(12(2)3)16-14(18)9-13(10-15(16)19)11-20-17(4,5)6/h9-10,12,20H,7-8,11H2,1-6H3. The molecule has 1 N–H and O–H groups in total. The molecule has 0 atom stereocenters. The van der Waals surface area contributed by atoms with Crippen LogP contribution in [0.2, 0.25) is 0 Å². The van der Waals surface area contributed by atoms with Crippen LogP contribution in [0, 0.1) is 11.6 Å². The Morgan fingerprint density at radius 3 is 2.05 bits per heavy atom. The van der Waals surface area contributed by atoms with Gasteiger partial charge in [0.1, 0.15) is 17.3 Å². The van der Waals surface area contributed by atoms with E-state index in [1.165, 1.54) is 12.1 Å². The van der Waals surface area contributed by atoms with Crippen LogP contribution in [0.1, 0.15) is 53.5 Å². The first-order valence-corrected chi connectivity index (χ1v) is 7.65. The fraction of sp³-hybridized carbons (Fsp3) is 0.647. The van der Waals surface area contributed by atoms with E-state index < -0.39 is 11.6 Å². The molecule has 0 fully saturated rings. The van der Waals surface area contributed by atoms with Crippen LogP contribution < -0.4 is 10.2 Å². The fourth-order valence-electron chi connectivity index (χ4n) is 2.23. The van der Waals surface area contributed by atoms with Crippen LogP contribution in [0.25, 0.3) is 0 Å². The lowest BCUT2D eigenvalue weighted by Gasteiger charge is -2.29. The molecule has 0 heterocycles. The molecule has 21 heavy (non-hydrogen) atoms. The Labute approximate surface area is 127 Å². The molecular weight excluding hydrogens is 270 g/mol. The Bertz CT molecular complexity index is 441. The first-order chi connectivity index (χ1) is 9.65. The SMILES string of the molecule is CCCN(c1c(F)cc(CNC(C)(C)C)cc1F)C(C)C. The maximum atomic E-state index is 14.4. The molecule has 1 aromatic rings. The highest BCUT2D eigenvalue weighted by molar-refractivity contribution is 5.51. The second-order valence-corrected chi connectivity index (χ2v) is 6.80. The summed E-state index contributed by atoms with van der Waals surface area (Å²) >= 11 is 0. The summed E-state index contributed by atoms with van der Waals surface area (Å²) in [5, 5.41) is 3.24. The van der Waals surface area contributed by atoms with Gasteiger partial charge in [0.2, 0.25) is 0 Å². The van der Waals surface area contributed by atoms with E-state index in [0.29, 0.717) is 18.7 Å². The summed E-state index contributed by atoms with van der Waals surface area (Å²) < 4.78 is 28.7. The van der Waals surface area contributed by atoms with Gasteiger partial charge in [-0.1, -0.05) is 6.92 Å². The topological polar surface area (TPSA) is 15.3 Å². The maximum Gasteiger partial charge on any atom is 0.149 e. The van der Waals surface area contributed by atoms with Gasteiger partial charge >= 0.3 is 0 Å². The van der Waals surface area contributed by atoms with Crippen molar-refractivity contribution >= 4 is 5.69 Å². The molecule has 4 heteroatoms. The van der Waals surface area contributed by atoms with Crippen LogP contribution in [0.15, 0.2) is 12.1 Å². The van der Waals surface area contributed by atoms with Crippen molar-refractivity contribution < 1.29 is 8.78 Å². The van der Waals surface area contributed by atoms with Crippen molar-refractivity contribution in [3.63, 3.8) is 0 Å². The molecule has 1 aromatic carbocycles. The van der Waals surface area contributed by atoms with Gasteiger partial charge in [-0.25, -0.2) is 8.78 Å². The predicted octanol–water partition coefficient (Wildman–Crippen LogP) is 4.48. The first kappa shape index (κ1) is 17.9. The second-order valence-electron chi connectivity index (χ2n) is 6.80. The largest absolute Gasteiger partial charge is 0.364 e. The molecule has 120 valence electrons. The number of hydrogen-bond acceptors (Lipinski definition) is 2. The number of anilines is 1. The van der Waals surface area contributed by atoms with Gasteiger partial charge in [0.25, 0.3) is 0 Å². The number of nitrogens with one attached hydrogen (secondary N) is 1. The van der Waals surface area contributed by atoms with Crippen molar-refractivity contribution in [3.05, 3.63) is 29.3 Å². The molecule has 0 aliphatic rings. The number of nitrogens with zero attached hydrogens (tertiary/aromatic N) is 1. The lowest BCUT2D eigenvalue weighted by Crippen LogP contribution is -2.35. The smallest absolute Gasteiger partial charge is 0.149 e. The third-order valence-electron chi connectivity index (χ3n) is 3.27. The predicted molar refractivity (Wildman–Crippen MR) is 85.7 cm³/mol. The van der Waals surface area contributed by atoms with E-state index in [-0.39, 0.29) is 17.3 Å². The minimum absolute atomic E-state index is 0.0625. The van der Waals surface area contributed by atoms with Gasteiger partial charge in [0, 0.05) is 24.7 Å². The minimum atomic E-state index is -0.483. The zero-order chi connectivity index (χ0) is 16.2. The molecule has 0 unspecified atom stereocenters. The van der Waals surface area contributed by atoms with Crippen molar-refractivity contribution in [1.82, 2.24) is 5.32 Å². The zero-order valence-electron chi connectivity index (χ0n) is 14.1. The lowest BCUT2D eigenvalue weighted by molar-refractivity contribution is 0.422. The summed E-state index contributed by atoms with van der Waals surface area (Å²) in [7, 11) is 0. The van der Waals surface area contributed by atoms with Crippen LogP contribution in [-0.2, 0) is 6.54 Å². The van der Waals surface area contributed by atoms with E-state index in [1.54, 1.807) is 4.90 Å². The van der Waals surface area contributed by atoms with Gasteiger partial charge in [-0.05, 0) is 58.7 Å². The van der Waals surface area contributed by atoms with Gasteiger partial charge in [-0.15, -0.1) is 0 Å². The minimum Gasteiger partial charge on any atom is -0.364 e. The third kappa shape index (κ3) is 5.27. The highest BCUT2D eigenvalue weighted by Crippen LogP contribution is 2.27. The van der Waals surface area contributed by atoms with Crippen molar-refractivity contribution in [1.29, 1.82) is 0 Å². The summed E-state index contributed by atoms with van der Waals surface area (Å²) in [5.74, 6) is -0.967. The molecule has 0 aromatic heterocycles. The monoisotopic (exact) mass is 298 g/mol. The van der Waals surface area contributed by atoms with Crippen molar-refractivity contribution in [3.8, 4) is 0 Å². The Hall–Kier alpha value is -1.16. The highest BCUT2D eigenvalue weighted by Gasteiger charge is 2.20. The van der Waals surface area contributed by atoms with E-state index in [1.807, 2.05) is 41.5 Å². The van der Waals surface area contributed by atoms with E-state index in [4.69, 9.17) is 0 Å². The number of benzene rings is 1. The molecule has 0 aliphatic carbocycles. The van der Waals surface area contributed by atoms with Crippen LogP contribution in [0.5, 0.6) is 0 Å². The van der Waals surface area contributed by atoms with Crippen LogP contribution >= 0.6 is 0 Å². The molecule has 0 aliphatic heterocycles. The molecule has 1 rings (SSSR count). The van der Waals surface area contributed by atoms with Crippen molar-refractivity contribution in [2.45, 2.75) is 66.1 Å². The first-order valence-electron chi connectivity index (χ1n) is 7.65. The van der Waals surface area contributed by atoms with E-state index in [0.717, 1.165) is 6.42 Å². The molecule has 0 saturated carbocycles. The van der Waals surface area contributed by atoms with Crippen LogP contribution in [0.3, 0.4) is 0 Å². The van der Waals surface area contributed by atoms with Gasteiger partial charge in [-0.3, -0.25) is 0 Å². The normalized spacial score (nSPS) is 12.0. The molecule has 0 spiro atoms. The zero-order valence-corrected chi connectivity index (χ0v) is 14.1. The number of halogens is 2. The summed E-state index contributed by atoms with van der Waals surface area (Å²) in [6.45, 7) is 13.1. The van der Waals surface area contributed by atoms with Crippen molar-refractivity contribution in [2.24, 2.45) is 0 Å². The molecule has 0 amide bonds. The maximum absolute atomic E-state index is 14.4. The Morgan fingerprint density at radius 1 is 1.14 bits per heavy atom. The summed E-state index contributed by atoms with van der Waals surface area (Å²) in [4.78, 5) is 1.78. The summed E-state index contributed by atoms with van der Waals surface area (Å²) in [5.41, 5.74) is 0.632. The second kappa shape index (κ2) is 7.21. The Kier molecular flexibility index (Phi) is 6.14. The molecule has 0 radical (unpaired) electrons. The van der Waals surface area contributed by atoms with Crippen molar-refractivity contribution in [2.75, 3.05) is 11.4 Å². The fourth-order valence-corrected chi connectivity index (χ4v) is 2.23. The summed E-state index contributed by atoms with van der Waals surface area (Å²) in [6, 6.07) is 2.93. The van der Waals surface area contributed by atoms with Crippen LogP contribution in [0.4, 0.5) is 14.5 Å². The average Bonchev–Trinajstić information content (AvgIpc) is 2.33. The Balaban J connectivity index is 3.04. The van der Waals surface area contributed by atoms with Gasteiger partial charge < -0.3 is 10.2 Å². The van der Waals surface area contributed by atoms with Gasteiger partial charge in [0.15, 0.2) is 0 Å². The van der Waals surface area contributed by atoms with Crippen LogP contribution in [-0.4, -0.2) is 18.1 Å². The average molecular weight is 298 g/mol.